The number of halogens is 2. The summed E-state index contributed by atoms with van der Waals surface area (Å²) in [5.41, 5.74) is 1.14. The van der Waals surface area contributed by atoms with Crippen LogP contribution in [0.4, 0.5) is 0 Å². The van der Waals surface area contributed by atoms with Crippen molar-refractivity contribution in [3.05, 3.63) is 33.3 Å². The molecule has 1 aromatic carbocycles. The zero-order valence-corrected chi connectivity index (χ0v) is 12.8. The third-order valence-corrected chi connectivity index (χ3v) is 4.46. The maximum atomic E-state index is 9.21. The summed E-state index contributed by atoms with van der Waals surface area (Å²) >= 11 is 9.68. The molecular weight excluding hydrogens is 314 g/mol. The average Bonchev–Trinajstić information content (AvgIpc) is 2.85. The lowest BCUT2D eigenvalue weighted by atomic mass is 10.1. The highest BCUT2D eigenvalue weighted by Gasteiger charge is 2.22. The van der Waals surface area contributed by atoms with Crippen molar-refractivity contribution in [2.75, 3.05) is 13.2 Å². The van der Waals surface area contributed by atoms with E-state index in [-0.39, 0.29) is 6.61 Å². The zero-order valence-electron chi connectivity index (χ0n) is 10.4. The van der Waals surface area contributed by atoms with Gasteiger partial charge in [-0.15, -0.1) is 0 Å². The molecule has 0 atom stereocenters. The van der Waals surface area contributed by atoms with Crippen LogP contribution in [0.1, 0.15) is 31.2 Å². The first-order chi connectivity index (χ1) is 8.70. The highest BCUT2D eigenvalue weighted by atomic mass is 79.9. The first-order valence-corrected chi connectivity index (χ1v) is 7.66. The fourth-order valence-corrected chi connectivity index (χ4v) is 3.39. The topological polar surface area (TPSA) is 23.5 Å². The SMILES string of the molecule is OCCN(Cc1ccc(Br)cc1Cl)C1CCCC1. The molecule has 0 spiro atoms. The standard InChI is InChI=1S/C14H19BrClNO/c15-12-6-5-11(14(16)9-12)10-17(7-8-18)13-3-1-2-4-13/h5-6,9,13,18H,1-4,7-8,10H2. The van der Waals surface area contributed by atoms with Gasteiger partial charge in [0.2, 0.25) is 0 Å². The highest BCUT2D eigenvalue weighted by Crippen LogP contribution is 2.27. The molecule has 1 fully saturated rings. The number of benzene rings is 1. The Hall–Kier alpha value is -0.0900. The molecule has 100 valence electrons. The second-order valence-electron chi connectivity index (χ2n) is 4.87. The Kier molecular flexibility index (Phi) is 5.49. The summed E-state index contributed by atoms with van der Waals surface area (Å²) in [5.74, 6) is 0. The van der Waals surface area contributed by atoms with Gasteiger partial charge in [0.05, 0.1) is 6.61 Å². The van der Waals surface area contributed by atoms with E-state index in [1.54, 1.807) is 0 Å². The Labute approximate surface area is 122 Å². The lowest BCUT2D eigenvalue weighted by molar-refractivity contribution is 0.145. The maximum Gasteiger partial charge on any atom is 0.0558 e. The molecule has 0 aliphatic heterocycles. The van der Waals surface area contributed by atoms with E-state index in [0.717, 1.165) is 28.1 Å². The largest absolute Gasteiger partial charge is 0.395 e. The van der Waals surface area contributed by atoms with E-state index in [4.69, 9.17) is 11.6 Å². The normalized spacial score (nSPS) is 16.7. The van der Waals surface area contributed by atoms with Crippen LogP contribution in [0, 0.1) is 0 Å². The monoisotopic (exact) mass is 331 g/mol. The van der Waals surface area contributed by atoms with Crippen molar-refractivity contribution in [3.8, 4) is 0 Å². The minimum absolute atomic E-state index is 0.213. The van der Waals surface area contributed by atoms with Crippen LogP contribution in [-0.4, -0.2) is 29.2 Å². The molecule has 0 aromatic heterocycles. The van der Waals surface area contributed by atoms with Crippen molar-refractivity contribution in [2.24, 2.45) is 0 Å². The van der Waals surface area contributed by atoms with Gasteiger partial charge in [-0.1, -0.05) is 46.4 Å². The molecule has 1 aliphatic rings. The van der Waals surface area contributed by atoms with Crippen LogP contribution in [-0.2, 0) is 6.54 Å². The Morgan fingerprint density at radius 3 is 2.67 bits per heavy atom. The number of nitrogens with zero attached hydrogens (tertiary/aromatic N) is 1. The van der Waals surface area contributed by atoms with Crippen molar-refractivity contribution >= 4 is 27.5 Å². The second kappa shape index (κ2) is 6.90. The van der Waals surface area contributed by atoms with E-state index in [0.29, 0.717) is 6.04 Å². The predicted molar refractivity (Wildman–Crippen MR) is 78.9 cm³/mol. The van der Waals surface area contributed by atoms with Gasteiger partial charge in [0.15, 0.2) is 0 Å². The van der Waals surface area contributed by atoms with Crippen LogP contribution in [0.15, 0.2) is 22.7 Å². The summed E-state index contributed by atoms with van der Waals surface area (Å²) in [7, 11) is 0. The molecule has 0 radical (unpaired) electrons. The maximum absolute atomic E-state index is 9.21. The van der Waals surface area contributed by atoms with Crippen LogP contribution < -0.4 is 0 Å². The van der Waals surface area contributed by atoms with E-state index in [1.807, 2.05) is 12.1 Å². The smallest absolute Gasteiger partial charge is 0.0558 e. The van der Waals surface area contributed by atoms with Gasteiger partial charge in [0.1, 0.15) is 0 Å². The molecule has 0 heterocycles. The first-order valence-electron chi connectivity index (χ1n) is 6.49. The predicted octanol–water partition coefficient (Wildman–Crippen LogP) is 3.84. The summed E-state index contributed by atoms with van der Waals surface area (Å²) < 4.78 is 1.01. The number of hydrogen-bond acceptors (Lipinski definition) is 2. The third kappa shape index (κ3) is 3.70. The molecule has 2 nitrogen and oxygen atoms in total. The number of aliphatic hydroxyl groups is 1. The van der Waals surface area contributed by atoms with Crippen LogP contribution in [0.5, 0.6) is 0 Å². The van der Waals surface area contributed by atoms with E-state index >= 15 is 0 Å². The quantitative estimate of drug-likeness (QED) is 0.885. The number of hydrogen-bond donors (Lipinski definition) is 1. The van der Waals surface area contributed by atoms with Crippen molar-refractivity contribution < 1.29 is 5.11 Å². The minimum Gasteiger partial charge on any atom is -0.395 e. The lowest BCUT2D eigenvalue weighted by Crippen LogP contribution is -2.35. The van der Waals surface area contributed by atoms with Gasteiger partial charge in [0.25, 0.3) is 0 Å². The molecule has 0 saturated heterocycles. The summed E-state index contributed by atoms with van der Waals surface area (Å²) in [4.78, 5) is 2.36. The van der Waals surface area contributed by atoms with Gasteiger partial charge >= 0.3 is 0 Å². The molecule has 1 N–H and O–H groups in total. The van der Waals surface area contributed by atoms with Crippen LogP contribution in [0.25, 0.3) is 0 Å². The van der Waals surface area contributed by atoms with Gasteiger partial charge in [-0.2, -0.15) is 0 Å². The minimum atomic E-state index is 0.213. The van der Waals surface area contributed by atoms with Gasteiger partial charge in [-0.25, -0.2) is 0 Å². The van der Waals surface area contributed by atoms with E-state index in [9.17, 15) is 5.11 Å². The van der Waals surface area contributed by atoms with Crippen LogP contribution in [0.3, 0.4) is 0 Å². The third-order valence-electron chi connectivity index (χ3n) is 3.62. The summed E-state index contributed by atoms with van der Waals surface area (Å²) in [6, 6.07) is 6.62. The molecule has 0 unspecified atom stereocenters. The Morgan fingerprint density at radius 2 is 2.06 bits per heavy atom. The second-order valence-corrected chi connectivity index (χ2v) is 6.19. The number of rotatable bonds is 5. The summed E-state index contributed by atoms with van der Waals surface area (Å²) in [6.45, 7) is 1.78. The molecular formula is C14H19BrClNO. The van der Waals surface area contributed by atoms with Crippen molar-refractivity contribution in [1.82, 2.24) is 4.90 Å². The van der Waals surface area contributed by atoms with Gasteiger partial charge < -0.3 is 5.11 Å². The van der Waals surface area contributed by atoms with Crippen LogP contribution >= 0.6 is 27.5 Å². The van der Waals surface area contributed by atoms with Gasteiger partial charge in [0, 0.05) is 28.6 Å². The van der Waals surface area contributed by atoms with E-state index in [1.165, 1.54) is 25.7 Å². The Morgan fingerprint density at radius 1 is 1.33 bits per heavy atom. The molecule has 1 saturated carbocycles. The van der Waals surface area contributed by atoms with Crippen molar-refractivity contribution in [1.29, 1.82) is 0 Å². The molecule has 1 aliphatic carbocycles. The molecule has 2 rings (SSSR count). The van der Waals surface area contributed by atoms with Crippen LogP contribution in [0.2, 0.25) is 5.02 Å². The van der Waals surface area contributed by atoms with E-state index in [2.05, 4.69) is 26.9 Å². The molecule has 18 heavy (non-hydrogen) atoms. The van der Waals surface area contributed by atoms with Crippen molar-refractivity contribution in [2.45, 2.75) is 38.3 Å². The fourth-order valence-electron chi connectivity index (χ4n) is 2.66. The molecule has 0 bridgehead atoms. The van der Waals surface area contributed by atoms with Gasteiger partial charge in [-0.05, 0) is 30.5 Å². The lowest BCUT2D eigenvalue weighted by Gasteiger charge is -2.28. The molecule has 0 amide bonds. The summed E-state index contributed by atoms with van der Waals surface area (Å²) in [6.07, 6.45) is 5.10. The Bertz CT molecular complexity index is 393. The number of aliphatic hydroxyl groups excluding tert-OH is 1. The average molecular weight is 333 g/mol. The van der Waals surface area contributed by atoms with Crippen molar-refractivity contribution in [3.63, 3.8) is 0 Å². The zero-order chi connectivity index (χ0) is 13.0. The fraction of sp³-hybridized carbons (Fsp3) is 0.571. The first kappa shape index (κ1) is 14.3. The molecule has 1 aromatic rings. The van der Waals surface area contributed by atoms with Gasteiger partial charge in [-0.3, -0.25) is 4.90 Å². The Balaban J connectivity index is 2.07. The molecule has 4 heteroatoms. The van der Waals surface area contributed by atoms with E-state index < -0.39 is 0 Å². The highest BCUT2D eigenvalue weighted by molar-refractivity contribution is 9.10. The summed E-state index contributed by atoms with van der Waals surface area (Å²) in [5, 5.41) is 10.0.